The van der Waals surface area contributed by atoms with Gasteiger partial charge in [-0.3, -0.25) is 4.79 Å². The topological polar surface area (TPSA) is 29.1 Å². The van der Waals surface area contributed by atoms with Crippen LogP contribution < -0.4 is 5.32 Å². The van der Waals surface area contributed by atoms with Gasteiger partial charge in [-0.2, -0.15) is 0 Å². The number of nitrogens with one attached hydrogen (secondary N) is 1. The van der Waals surface area contributed by atoms with Crippen LogP contribution in [0.25, 0.3) is 0 Å². The van der Waals surface area contributed by atoms with Crippen LogP contribution in [0.15, 0.2) is 47.4 Å². The summed E-state index contributed by atoms with van der Waals surface area (Å²) in [6.07, 6.45) is 0. The Kier molecular flexibility index (Phi) is 3.89. The van der Waals surface area contributed by atoms with Gasteiger partial charge in [0.25, 0.3) is 5.91 Å². The van der Waals surface area contributed by atoms with Crippen molar-refractivity contribution in [2.75, 3.05) is 5.32 Å². The summed E-state index contributed by atoms with van der Waals surface area (Å²) in [4.78, 5) is 12.5. The fourth-order valence-corrected chi connectivity index (χ4v) is 1.82. The molecule has 0 saturated heterocycles. The lowest BCUT2D eigenvalue weighted by molar-refractivity contribution is 0.102. The fraction of sp³-hybridized carbons (Fsp3) is 0. The molecule has 2 nitrogen and oxygen atoms in total. The predicted octanol–water partition coefficient (Wildman–Crippen LogP) is 4.02. The van der Waals surface area contributed by atoms with Crippen molar-refractivity contribution in [1.82, 2.24) is 0 Å². The Morgan fingerprint density at radius 2 is 2.00 bits per heavy atom. The van der Waals surface area contributed by atoms with Crippen LogP contribution in [0.5, 0.6) is 0 Å². The molecule has 2 rings (SSSR count). The lowest BCUT2D eigenvalue weighted by atomic mass is 10.2. The molecule has 0 aliphatic rings. The summed E-state index contributed by atoms with van der Waals surface area (Å²) in [6.45, 7) is 0. The number of carbonyl (C=O) groups excluding carboxylic acids is 1. The van der Waals surface area contributed by atoms with E-state index in [4.69, 9.17) is 11.6 Å². The summed E-state index contributed by atoms with van der Waals surface area (Å²) in [5, 5.41) is 2.75. The predicted molar refractivity (Wildman–Crippen MR) is 73.1 cm³/mol. The van der Waals surface area contributed by atoms with Crippen LogP contribution in [0.2, 0.25) is 5.02 Å². The second kappa shape index (κ2) is 5.42. The summed E-state index contributed by atoms with van der Waals surface area (Å²) in [5.41, 5.74) is 0.505. The number of thiol groups is 1. The number of carbonyl (C=O) groups is 1. The van der Waals surface area contributed by atoms with Gasteiger partial charge in [0, 0.05) is 15.5 Å². The van der Waals surface area contributed by atoms with E-state index in [2.05, 4.69) is 17.9 Å². The molecule has 0 spiro atoms. The Morgan fingerprint density at radius 1 is 1.22 bits per heavy atom. The number of rotatable bonds is 2. The number of amides is 1. The molecule has 0 atom stereocenters. The van der Waals surface area contributed by atoms with E-state index in [0.717, 1.165) is 6.07 Å². The zero-order valence-corrected chi connectivity index (χ0v) is 10.8. The quantitative estimate of drug-likeness (QED) is 0.800. The summed E-state index contributed by atoms with van der Waals surface area (Å²) >= 11 is 9.77. The Bertz CT molecular complexity index is 603. The molecule has 2 aromatic carbocycles. The molecule has 18 heavy (non-hydrogen) atoms. The average molecular weight is 282 g/mol. The van der Waals surface area contributed by atoms with Crippen LogP contribution in [0.3, 0.4) is 0 Å². The molecule has 1 amide bonds. The normalized spacial score (nSPS) is 10.2. The maximum absolute atomic E-state index is 13.5. The summed E-state index contributed by atoms with van der Waals surface area (Å²) < 4.78 is 13.5. The van der Waals surface area contributed by atoms with Crippen LogP contribution in [0.4, 0.5) is 10.1 Å². The van der Waals surface area contributed by atoms with Crippen molar-refractivity contribution >= 4 is 35.8 Å². The van der Waals surface area contributed by atoms with E-state index in [0.29, 0.717) is 10.5 Å². The summed E-state index contributed by atoms with van der Waals surface area (Å²) in [6, 6.07) is 10.8. The van der Waals surface area contributed by atoms with Gasteiger partial charge in [-0.05, 0) is 36.4 Å². The monoisotopic (exact) mass is 281 g/mol. The molecular formula is C13H9ClFNOS. The number of hydrogen-bond acceptors (Lipinski definition) is 2. The van der Waals surface area contributed by atoms with E-state index in [1.165, 1.54) is 12.1 Å². The highest BCUT2D eigenvalue weighted by atomic mass is 35.5. The van der Waals surface area contributed by atoms with E-state index >= 15 is 0 Å². The van der Waals surface area contributed by atoms with Crippen molar-refractivity contribution in [1.29, 1.82) is 0 Å². The molecule has 0 aliphatic heterocycles. The van der Waals surface area contributed by atoms with Crippen molar-refractivity contribution in [2.24, 2.45) is 0 Å². The smallest absolute Gasteiger partial charge is 0.255 e. The Hall–Kier alpha value is -1.52. The lowest BCUT2D eigenvalue weighted by Crippen LogP contribution is -2.12. The number of halogens is 2. The highest BCUT2D eigenvalue weighted by Gasteiger charge is 2.09. The van der Waals surface area contributed by atoms with E-state index < -0.39 is 11.7 Å². The van der Waals surface area contributed by atoms with Crippen LogP contribution in [0.1, 0.15) is 10.4 Å². The first-order valence-corrected chi connectivity index (χ1v) is 5.94. The molecule has 92 valence electrons. The van der Waals surface area contributed by atoms with E-state index in [1.807, 2.05) is 0 Å². The van der Waals surface area contributed by atoms with Gasteiger partial charge < -0.3 is 5.32 Å². The molecule has 0 unspecified atom stereocenters. The minimum absolute atomic E-state index is 0.0916. The van der Waals surface area contributed by atoms with Gasteiger partial charge in [0.2, 0.25) is 0 Å². The minimum atomic E-state index is -0.571. The number of anilines is 1. The van der Waals surface area contributed by atoms with E-state index in [9.17, 15) is 9.18 Å². The molecule has 0 radical (unpaired) electrons. The van der Waals surface area contributed by atoms with Gasteiger partial charge >= 0.3 is 0 Å². The van der Waals surface area contributed by atoms with Crippen molar-refractivity contribution < 1.29 is 9.18 Å². The van der Waals surface area contributed by atoms with Crippen molar-refractivity contribution in [3.63, 3.8) is 0 Å². The van der Waals surface area contributed by atoms with Gasteiger partial charge in [0.15, 0.2) is 0 Å². The van der Waals surface area contributed by atoms with Gasteiger partial charge in [-0.25, -0.2) is 4.39 Å². The van der Waals surface area contributed by atoms with Crippen LogP contribution in [0, 0.1) is 5.82 Å². The van der Waals surface area contributed by atoms with E-state index in [-0.39, 0.29) is 10.7 Å². The maximum Gasteiger partial charge on any atom is 0.255 e. The molecule has 0 bridgehead atoms. The third kappa shape index (κ3) is 3.03. The van der Waals surface area contributed by atoms with E-state index in [1.54, 1.807) is 24.3 Å². The molecular weight excluding hydrogens is 273 g/mol. The maximum atomic E-state index is 13.5. The first-order valence-electron chi connectivity index (χ1n) is 5.12. The van der Waals surface area contributed by atoms with Gasteiger partial charge in [-0.1, -0.05) is 17.7 Å². The third-order valence-electron chi connectivity index (χ3n) is 2.29. The van der Waals surface area contributed by atoms with Gasteiger partial charge in [0.1, 0.15) is 5.82 Å². The Balaban J connectivity index is 2.21. The van der Waals surface area contributed by atoms with Crippen molar-refractivity contribution in [3.8, 4) is 0 Å². The number of benzene rings is 2. The molecule has 0 aromatic heterocycles. The lowest BCUT2D eigenvalue weighted by Gasteiger charge is -2.07. The number of hydrogen-bond donors (Lipinski definition) is 2. The van der Waals surface area contributed by atoms with Crippen molar-refractivity contribution in [3.05, 3.63) is 58.9 Å². The average Bonchev–Trinajstić information content (AvgIpc) is 2.32. The third-order valence-corrected chi connectivity index (χ3v) is 2.80. The fourth-order valence-electron chi connectivity index (χ4n) is 1.43. The summed E-state index contributed by atoms with van der Waals surface area (Å²) in [7, 11) is 0. The van der Waals surface area contributed by atoms with Gasteiger partial charge in [-0.15, -0.1) is 12.6 Å². The molecule has 0 saturated carbocycles. The Morgan fingerprint density at radius 3 is 2.67 bits per heavy atom. The van der Waals surface area contributed by atoms with Crippen molar-refractivity contribution in [2.45, 2.75) is 4.90 Å². The van der Waals surface area contributed by atoms with Crippen LogP contribution in [-0.4, -0.2) is 5.91 Å². The standard InChI is InChI=1S/C13H9ClFNOS/c14-9-4-5-12(11(15)7-9)16-13(17)8-2-1-3-10(18)6-8/h1-7,18H,(H,16,17). The second-order valence-corrected chi connectivity index (χ2v) is 4.58. The molecule has 0 aliphatic carbocycles. The minimum Gasteiger partial charge on any atom is -0.319 e. The second-order valence-electron chi connectivity index (χ2n) is 3.63. The SMILES string of the molecule is O=C(Nc1ccc(Cl)cc1F)c1cccc(S)c1. The first-order chi connectivity index (χ1) is 8.56. The highest BCUT2D eigenvalue weighted by Crippen LogP contribution is 2.20. The zero-order chi connectivity index (χ0) is 13.1. The highest BCUT2D eigenvalue weighted by molar-refractivity contribution is 7.80. The Labute approximate surface area is 114 Å². The van der Waals surface area contributed by atoms with Crippen LogP contribution in [-0.2, 0) is 0 Å². The van der Waals surface area contributed by atoms with Gasteiger partial charge in [0.05, 0.1) is 5.69 Å². The molecule has 0 heterocycles. The van der Waals surface area contributed by atoms with Crippen LogP contribution >= 0.6 is 24.2 Å². The molecule has 2 aromatic rings. The summed E-state index contributed by atoms with van der Waals surface area (Å²) in [5.74, 6) is -0.968. The largest absolute Gasteiger partial charge is 0.319 e. The zero-order valence-electron chi connectivity index (χ0n) is 9.15. The molecule has 1 N–H and O–H groups in total. The molecule has 5 heteroatoms. The first kappa shape index (κ1) is 12.9. The molecule has 0 fully saturated rings.